The van der Waals surface area contributed by atoms with Crippen molar-refractivity contribution in [2.45, 2.75) is 26.3 Å². The molecule has 0 radical (unpaired) electrons. The first kappa shape index (κ1) is 7.89. The molecule has 0 aromatic rings. The van der Waals surface area contributed by atoms with E-state index in [1.54, 1.807) is 7.11 Å². The lowest BCUT2D eigenvalue weighted by Gasteiger charge is -1.93. The van der Waals surface area contributed by atoms with Gasteiger partial charge in [-0.05, 0) is 13.0 Å². The first-order valence-corrected chi connectivity index (χ1v) is 5.00. The lowest BCUT2D eigenvalue weighted by atomic mass is 10.4. The Kier molecular flexibility index (Phi) is 4.96. The van der Waals surface area contributed by atoms with Crippen molar-refractivity contribution in [1.82, 2.24) is 0 Å². The molecule has 0 saturated carbocycles. The molecule has 0 aromatic heterocycles. The van der Waals surface area contributed by atoms with Gasteiger partial charge in [0, 0.05) is 0 Å². The molecule has 0 aliphatic heterocycles. The predicted molar refractivity (Wildman–Crippen MR) is 39.6 cm³/mol. The molecular weight excluding hydrogens is 116 g/mol. The van der Waals surface area contributed by atoms with Crippen LogP contribution in [0.3, 0.4) is 0 Å². The average molecular weight is 130 g/mol. The normalized spacial score (nSPS) is 11.6. The smallest absolute Gasteiger partial charge is 0.224 e. The topological polar surface area (TPSA) is 9.23 Å². The fourth-order valence-corrected chi connectivity index (χ4v) is 1.29. The van der Waals surface area contributed by atoms with Gasteiger partial charge in [-0.3, -0.25) is 0 Å². The minimum atomic E-state index is -0.517. The molecule has 0 atom stereocenters. The summed E-state index contributed by atoms with van der Waals surface area (Å²) in [6, 6.07) is 0. The van der Waals surface area contributed by atoms with Crippen molar-refractivity contribution in [2.75, 3.05) is 7.11 Å². The van der Waals surface area contributed by atoms with Crippen LogP contribution in [0.5, 0.6) is 0 Å². The van der Waals surface area contributed by atoms with Crippen LogP contribution in [0.15, 0.2) is 0 Å². The van der Waals surface area contributed by atoms with Gasteiger partial charge in [0.25, 0.3) is 0 Å². The van der Waals surface area contributed by atoms with Crippen molar-refractivity contribution in [3.05, 3.63) is 0 Å². The lowest BCUT2D eigenvalue weighted by Crippen LogP contribution is -2.01. The molecule has 0 unspecified atom stereocenters. The Balaban J connectivity index is 3.26. The fourth-order valence-electron chi connectivity index (χ4n) is 0.431. The van der Waals surface area contributed by atoms with Crippen LogP contribution in [0.1, 0.15) is 19.8 Å². The van der Waals surface area contributed by atoms with Crippen molar-refractivity contribution in [3.63, 3.8) is 0 Å². The monoisotopic (exact) mass is 130 g/mol. The Morgan fingerprint density at radius 1 is 1.62 bits per heavy atom. The summed E-state index contributed by atoms with van der Waals surface area (Å²) in [6.45, 7) is 4.33. The minimum Gasteiger partial charge on any atom is -0.554 e. The Morgan fingerprint density at radius 3 is 2.62 bits per heavy atom. The molecule has 2 heteroatoms. The summed E-state index contributed by atoms with van der Waals surface area (Å²) in [5.74, 6) is 0. The highest BCUT2D eigenvalue weighted by Crippen LogP contribution is 1.80. The zero-order chi connectivity index (χ0) is 6.41. The van der Waals surface area contributed by atoms with E-state index in [0.717, 1.165) is 0 Å². The summed E-state index contributed by atoms with van der Waals surface area (Å²) in [4.78, 5) is 0. The Hall–Kier alpha value is -0.113. The van der Waals surface area contributed by atoms with Crippen molar-refractivity contribution in [2.24, 2.45) is 0 Å². The van der Waals surface area contributed by atoms with Crippen molar-refractivity contribution in [3.8, 4) is 0 Å². The SMILES string of the molecule is CCCC=[Si](C)OC. The van der Waals surface area contributed by atoms with Crippen LogP contribution in [-0.4, -0.2) is 21.4 Å². The van der Waals surface area contributed by atoms with E-state index < -0.39 is 8.65 Å². The third kappa shape index (κ3) is 4.06. The molecule has 0 saturated heterocycles. The number of rotatable bonds is 3. The molecule has 0 fully saturated rings. The van der Waals surface area contributed by atoms with Crippen LogP contribution >= 0.6 is 0 Å². The molecule has 0 amide bonds. The molecule has 0 heterocycles. The molecule has 0 bridgehead atoms. The molecule has 48 valence electrons. The van der Waals surface area contributed by atoms with Gasteiger partial charge in [0.1, 0.15) is 0 Å². The maximum Gasteiger partial charge on any atom is 0.224 e. The van der Waals surface area contributed by atoms with E-state index >= 15 is 0 Å². The molecule has 0 N–H and O–H groups in total. The Labute approximate surface area is 53.0 Å². The standard InChI is InChI=1S/C6H14OSi/c1-4-5-6-8(3)7-2/h6H,4-5H2,1-3H3. The van der Waals surface area contributed by atoms with Gasteiger partial charge in [-0.1, -0.05) is 19.0 Å². The van der Waals surface area contributed by atoms with Crippen LogP contribution in [0, 0.1) is 0 Å². The summed E-state index contributed by atoms with van der Waals surface area (Å²) in [5.41, 5.74) is 2.28. The third-order valence-electron chi connectivity index (χ3n) is 1.04. The van der Waals surface area contributed by atoms with Gasteiger partial charge in [-0.15, -0.1) is 0 Å². The molecule has 0 aromatic carbocycles. The van der Waals surface area contributed by atoms with E-state index in [4.69, 9.17) is 4.43 Å². The molecule has 0 spiro atoms. The second-order valence-electron chi connectivity index (χ2n) is 1.81. The quantitative estimate of drug-likeness (QED) is 0.525. The molecule has 0 rings (SSSR count). The van der Waals surface area contributed by atoms with Gasteiger partial charge in [-0.2, -0.15) is 0 Å². The zero-order valence-corrected chi connectivity index (χ0v) is 6.90. The summed E-state index contributed by atoms with van der Waals surface area (Å²) in [6.07, 6.45) is 2.45. The highest BCUT2D eigenvalue weighted by Gasteiger charge is 1.83. The highest BCUT2D eigenvalue weighted by atomic mass is 28.3. The maximum atomic E-state index is 5.10. The molecule has 8 heavy (non-hydrogen) atoms. The highest BCUT2D eigenvalue weighted by molar-refractivity contribution is 6.58. The second kappa shape index (κ2) is 5.03. The van der Waals surface area contributed by atoms with Gasteiger partial charge >= 0.3 is 0 Å². The Morgan fingerprint density at radius 2 is 2.25 bits per heavy atom. The van der Waals surface area contributed by atoms with Crippen molar-refractivity contribution < 1.29 is 4.43 Å². The van der Waals surface area contributed by atoms with Crippen LogP contribution in [-0.2, 0) is 4.43 Å². The zero-order valence-electron chi connectivity index (χ0n) is 5.90. The predicted octanol–water partition coefficient (Wildman–Crippen LogP) is 1.44. The average Bonchev–Trinajstić information content (AvgIpc) is 1.83. The van der Waals surface area contributed by atoms with Gasteiger partial charge in [0.15, 0.2) is 0 Å². The minimum absolute atomic E-state index is 0.517. The largest absolute Gasteiger partial charge is 0.554 e. The summed E-state index contributed by atoms with van der Waals surface area (Å²) in [5, 5.41) is 0. The number of hydrogen-bond acceptors (Lipinski definition) is 1. The second-order valence-corrected chi connectivity index (χ2v) is 3.85. The number of hydrogen-bond donors (Lipinski definition) is 0. The van der Waals surface area contributed by atoms with E-state index in [1.165, 1.54) is 12.8 Å². The van der Waals surface area contributed by atoms with Crippen LogP contribution in [0.25, 0.3) is 0 Å². The first-order chi connectivity index (χ1) is 3.81. The molecule has 0 aliphatic rings. The van der Waals surface area contributed by atoms with E-state index in [0.29, 0.717) is 0 Å². The van der Waals surface area contributed by atoms with E-state index in [1.807, 2.05) is 0 Å². The van der Waals surface area contributed by atoms with Crippen LogP contribution in [0.4, 0.5) is 0 Å². The van der Waals surface area contributed by atoms with Gasteiger partial charge in [-0.25, -0.2) is 0 Å². The summed E-state index contributed by atoms with van der Waals surface area (Å²) >= 11 is 0. The van der Waals surface area contributed by atoms with Crippen molar-refractivity contribution >= 4 is 14.3 Å². The number of unbranched alkanes of at least 4 members (excludes halogenated alkanes) is 1. The van der Waals surface area contributed by atoms with Gasteiger partial charge in [0.05, 0.1) is 7.11 Å². The molecule has 0 aliphatic carbocycles. The third-order valence-corrected chi connectivity index (χ3v) is 2.55. The van der Waals surface area contributed by atoms with Gasteiger partial charge in [0.2, 0.25) is 8.65 Å². The first-order valence-electron chi connectivity index (χ1n) is 3.02. The summed E-state index contributed by atoms with van der Waals surface area (Å²) in [7, 11) is 1.26. The van der Waals surface area contributed by atoms with Crippen LogP contribution in [0.2, 0.25) is 6.55 Å². The van der Waals surface area contributed by atoms with E-state index in [9.17, 15) is 0 Å². The van der Waals surface area contributed by atoms with E-state index in [-0.39, 0.29) is 0 Å². The molecular formula is C6H14OSi. The van der Waals surface area contributed by atoms with E-state index in [2.05, 4.69) is 19.1 Å². The van der Waals surface area contributed by atoms with Crippen LogP contribution < -0.4 is 0 Å². The fraction of sp³-hybridized carbons (Fsp3) is 0.833. The summed E-state index contributed by atoms with van der Waals surface area (Å²) < 4.78 is 5.10. The van der Waals surface area contributed by atoms with Crippen molar-refractivity contribution in [1.29, 1.82) is 0 Å². The Bertz CT molecular complexity index is 78.6. The van der Waals surface area contributed by atoms with Gasteiger partial charge < -0.3 is 4.43 Å². The maximum absolute atomic E-state index is 5.10. The lowest BCUT2D eigenvalue weighted by molar-refractivity contribution is 0.442. The molecule has 1 nitrogen and oxygen atoms in total.